The van der Waals surface area contributed by atoms with Gasteiger partial charge in [0.25, 0.3) is 0 Å². The SMILES string of the molecule is CC(=O)N1CC2CC(C1)C(C(=O)O)C2. The third kappa shape index (κ3) is 1.49. The van der Waals surface area contributed by atoms with Crippen LogP contribution < -0.4 is 0 Å². The van der Waals surface area contributed by atoms with Crippen molar-refractivity contribution in [2.24, 2.45) is 17.8 Å². The topological polar surface area (TPSA) is 57.6 Å². The summed E-state index contributed by atoms with van der Waals surface area (Å²) in [6.45, 7) is 2.96. The van der Waals surface area contributed by atoms with Crippen LogP contribution >= 0.6 is 0 Å². The Bertz CT molecular complexity index is 275. The summed E-state index contributed by atoms with van der Waals surface area (Å²) in [5, 5.41) is 8.98. The van der Waals surface area contributed by atoms with E-state index in [-0.39, 0.29) is 17.7 Å². The molecule has 1 heterocycles. The van der Waals surface area contributed by atoms with Crippen LogP contribution in [0.1, 0.15) is 19.8 Å². The Hall–Kier alpha value is -1.06. The molecule has 0 aromatic rings. The standard InChI is InChI=1S/C10H15NO3/c1-6(12)11-4-7-2-8(5-11)9(3-7)10(13)14/h7-9H,2-5H2,1H3,(H,13,14). The molecule has 78 valence electrons. The predicted octanol–water partition coefficient (Wildman–Crippen LogP) is 0.575. The molecule has 4 heteroatoms. The molecule has 1 amide bonds. The monoisotopic (exact) mass is 197 g/mol. The maximum atomic E-state index is 11.2. The van der Waals surface area contributed by atoms with E-state index >= 15 is 0 Å². The third-order valence-electron chi connectivity index (χ3n) is 3.49. The Balaban J connectivity index is 2.08. The number of likely N-dealkylation sites (tertiary alicyclic amines) is 1. The van der Waals surface area contributed by atoms with Crippen molar-refractivity contribution in [2.45, 2.75) is 19.8 Å². The molecule has 3 unspecified atom stereocenters. The van der Waals surface area contributed by atoms with Gasteiger partial charge >= 0.3 is 5.97 Å². The molecule has 0 aromatic heterocycles. The van der Waals surface area contributed by atoms with Gasteiger partial charge in [-0.3, -0.25) is 9.59 Å². The summed E-state index contributed by atoms with van der Waals surface area (Å²) in [7, 11) is 0. The molecule has 0 radical (unpaired) electrons. The number of amides is 1. The fraction of sp³-hybridized carbons (Fsp3) is 0.800. The molecular formula is C10H15NO3. The Morgan fingerprint density at radius 2 is 2.00 bits per heavy atom. The van der Waals surface area contributed by atoms with Crippen molar-refractivity contribution in [1.29, 1.82) is 0 Å². The van der Waals surface area contributed by atoms with E-state index in [2.05, 4.69) is 0 Å². The molecule has 1 aliphatic carbocycles. The predicted molar refractivity (Wildman–Crippen MR) is 49.6 cm³/mol. The molecule has 2 rings (SSSR count). The smallest absolute Gasteiger partial charge is 0.306 e. The number of carbonyl (C=O) groups is 2. The van der Waals surface area contributed by atoms with Gasteiger partial charge in [0.15, 0.2) is 0 Å². The minimum Gasteiger partial charge on any atom is -0.481 e. The highest BCUT2D eigenvalue weighted by Crippen LogP contribution is 2.41. The molecule has 1 saturated heterocycles. The number of carbonyl (C=O) groups excluding carboxylic acids is 1. The van der Waals surface area contributed by atoms with Gasteiger partial charge in [-0.05, 0) is 24.7 Å². The number of hydrogen-bond donors (Lipinski definition) is 1. The van der Waals surface area contributed by atoms with Crippen LogP contribution in [0.3, 0.4) is 0 Å². The number of piperidine rings is 1. The molecule has 2 bridgehead atoms. The maximum absolute atomic E-state index is 11.2. The summed E-state index contributed by atoms with van der Waals surface area (Å²) >= 11 is 0. The summed E-state index contributed by atoms with van der Waals surface area (Å²) in [4.78, 5) is 23.9. The van der Waals surface area contributed by atoms with Crippen molar-refractivity contribution in [3.05, 3.63) is 0 Å². The summed E-state index contributed by atoms with van der Waals surface area (Å²) in [6, 6.07) is 0. The van der Waals surface area contributed by atoms with E-state index in [1.54, 1.807) is 11.8 Å². The summed E-state index contributed by atoms with van der Waals surface area (Å²) < 4.78 is 0. The highest BCUT2D eigenvalue weighted by atomic mass is 16.4. The minimum absolute atomic E-state index is 0.0748. The zero-order valence-electron chi connectivity index (χ0n) is 8.27. The lowest BCUT2D eigenvalue weighted by molar-refractivity contribution is -0.143. The molecule has 0 aromatic carbocycles. The highest BCUT2D eigenvalue weighted by molar-refractivity contribution is 5.74. The summed E-state index contributed by atoms with van der Waals surface area (Å²) in [6.07, 6.45) is 1.74. The lowest BCUT2D eigenvalue weighted by Gasteiger charge is -2.31. The quantitative estimate of drug-likeness (QED) is 0.668. The Morgan fingerprint density at radius 1 is 1.29 bits per heavy atom. The average molecular weight is 197 g/mol. The Morgan fingerprint density at radius 3 is 2.57 bits per heavy atom. The zero-order chi connectivity index (χ0) is 10.3. The molecule has 2 fully saturated rings. The number of hydrogen-bond acceptors (Lipinski definition) is 2. The van der Waals surface area contributed by atoms with Crippen molar-refractivity contribution >= 4 is 11.9 Å². The zero-order valence-corrected chi connectivity index (χ0v) is 8.27. The van der Waals surface area contributed by atoms with E-state index in [0.29, 0.717) is 12.5 Å². The van der Waals surface area contributed by atoms with Gasteiger partial charge in [0.05, 0.1) is 5.92 Å². The summed E-state index contributed by atoms with van der Waals surface area (Å²) in [5.74, 6) is -0.230. The first-order chi connectivity index (χ1) is 6.58. The molecule has 1 aliphatic heterocycles. The molecule has 2 aliphatic rings. The van der Waals surface area contributed by atoms with Gasteiger partial charge in [0.2, 0.25) is 5.91 Å². The molecule has 0 spiro atoms. The molecule has 1 N–H and O–H groups in total. The largest absolute Gasteiger partial charge is 0.481 e. The normalized spacial score (nSPS) is 35.8. The second-order valence-corrected chi connectivity index (χ2v) is 4.47. The van der Waals surface area contributed by atoms with Gasteiger partial charge in [-0.25, -0.2) is 0 Å². The lowest BCUT2D eigenvalue weighted by atomic mass is 9.94. The molecular weight excluding hydrogens is 182 g/mol. The van der Waals surface area contributed by atoms with E-state index in [9.17, 15) is 9.59 Å². The molecule has 1 saturated carbocycles. The number of aliphatic carboxylic acids is 1. The van der Waals surface area contributed by atoms with Gasteiger partial charge in [-0.2, -0.15) is 0 Å². The van der Waals surface area contributed by atoms with Gasteiger partial charge in [0.1, 0.15) is 0 Å². The van der Waals surface area contributed by atoms with E-state index in [1.807, 2.05) is 0 Å². The first-order valence-corrected chi connectivity index (χ1v) is 5.06. The fourth-order valence-corrected chi connectivity index (χ4v) is 2.82. The third-order valence-corrected chi connectivity index (χ3v) is 3.49. The van der Waals surface area contributed by atoms with Gasteiger partial charge in [0, 0.05) is 20.0 Å². The van der Waals surface area contributed by atoms with Crippen molar-refractivity contribution in [3.8, 4) is 0 Å². The fourth-order valence-electron chi connectivity index (χ4n) is 2.82. The van der Waals surface area contributed by atoms with Crippen LogP contribution in [-0.4, -0.2) is 35.0 Å². The second-order valence-electron chi connectivity index (χ2n) is 4.47. The number of fused-ring (bicyclic) bond motifs is 2. The van der Waals surface area contributed by atoms with Crippen LogP contribution in [0.4, 0.5) is 0 Å². The molecule has 3 atom stereocenters. The highest BCUT2D eigenvalue weighted by Gasteiger charge is 2.43. The summed E-state index contributed by atoms with van der Waals surface area (Å²) in [5.41, 5.74) is 0. The van der Waals surface area contributed by atoms with Crippen LogP contribution in [0.5, 0.6) is 0 Å². The van der Waals surface area contributed by atoms with Crippen LogP contribution in [0.15, 0.2) is 0 Å². The van der Waals surface area contributed by atoms with Gasteiger partial charge in [-0.1, -0.05) is 0 Å². The van der Waals surface area contributed by atoms with E-state index in [1.165, 1.54) is 0 Å². The van der Waals surface area contributed by atoms with Gasteiger partial charge < -0.3 is 10.0 Å². The van der Waals surface area contributed by atoms with Crippen LogP contribution in [0.2, 0.25) is 0 Å². The van der Waals surface area contributed by atoms with Gasteiger partial charge in [-0.15, -0.1) is 0 Å². The number of nitrogens with zero attached hydrogens (tertiary/aromatic N) is 1. The first kappa shape index (κ1) is 9.49. The van der Waals surface area contributed by atoms with Crippen molar-refractivity contribution in [2.75, 3.05) is 13.1 Å². The second kappa shape index (κ2) is 3.26. The molecule has 4 nitrogen and oxygen atoms in total. The van der Waals surface area contributed by atoms with E-state index in [4.69, 9.17) is 5.11 Å². The first-order valence-electron chi connectivity index (χ1n) is 5.06. The van der Waals surface area contributed by atoms with Crippen LogP contribution in [0, 0.1) is 17.8 Å². The Labute approximate surface area is 82.9 Å². The lowest BCUT2D eigenvalue weighted by Crippen LogP contribution is -2.40. The van der Waals surface area contributed by atoms with Crippen molar-refractivity contribution in [3.63, 3.8) is 0 Å². The number of carboxylic acids is 1. The van der Waals surface area contributed by atoms with Crippen LogP contribution in [-0.2, 0) is 9.59 Å². The number of rotatable bonds is 1. The Kier molecular flexibility index (Phi) is 2.21. The van der Waals surface area contributed by atoms with Crippen LogP contribution in [0.25, 0.3) is 0 Å². The van der Waals surface area contributed by atoms with E-state index < -0.39 is 5.97 Å². The number of carboxylic acid groups (broad SMARTS) is 1. The van der Waals surface area contributed by atoms with Crippen molar-refractivity contribution in [1.82, 2.24) is 4.90 Å². The molecule has 14 heavy (non-hydrogen) atoms. The minimum atomic E-state index is -0.692. The van der Waals surface area contributed by atoms with Crippen molar-refractivity contribution < 1.29 is 14.7 Å². The maximum Gasteiger partial charge on any atom is 0.306 e. The van der Waals surface area contributed by atoms with E-state index in [0.717, 1.165) is 19.4 Å². The average Bonchev–Trinajstić information content (AvgIpc) is 2.41.